The van der Waals surface area contributed by atoms with E-state index in [0.717, 1.165) is 18.9 Å². The van der Waals surface area contributed by atoms with Crippen molar-refractivity contribution in [2.45, 2.75) is 31.1 Å². The Labute approximate surface area is 141 Å². The van der Waals surface area contributed by atoms with E-state index in [2.05, 4.69) is 12.2 Å². The van der Waals surface area contributed by atoms with Gasteiger partial charge in [-0.15, -0.1) is 0 Å². The van der Waals surface area contributed by atoms with Gasteiger partial charge in [-0.05, 0) is 30.9 Å². The molecule has 1 aromatic carbocycles. The summed E-state index contributed by atoms with van der Waals surface area (Å²) < 4.78 is 26.7. The molecule has 0 bridgehead atoms. The lowest BCUT2D eigenvalue weighted by atomic mass is 10.0. The lowest BCUT2D eigenvalue weighted by Gasteiger charge is -2.29. The van der Waals surface area contributed by atoms with Crippen molar-refractivity contribution in [2.75, 3.05) is 25.0 Å². The van der Waals surface area contributed by atoms with Crippen molar-refractivity contribution in [1.29, 1.82) is 5.26 Å². The number of piperidine rings is 1. The predicted octanol–water partition coefficient (Wildman–Crippen LogP) is 2.34. The number of nitro groups is 1. The molecule has 0 saturated carbocycles. The molecule has 1 fully saturated rings. The molecular weight excluding hydrogens is 332 g/mol. The second-order valence-corrected chi connectivity index (χ2v) is 7.80. The normalized spacial score (nSPS) is 16.5. The molecule has 0 radical (unpaired) electrons. The molecular formula is C15H20N4O4S. The molecule has 1 heterocycles. The van der Waals surface area contributed by atoms with E-state index in [1.165, 1.54) is 16.4 Å². The quantitative estimate of drug-likeness (QED) is 0.477. The van der Waals surface area contributed by atoms with Crippen LogP contribution in [0.2, 0.25) is 0 Å². The molecule has 0 aromatic heterocycles. The van der Waals surface area contributed by atoms with Crippen molar-refractivity contribution < 1.29 is 13.3 Å². The maximum Gasteiger partial charge on any atom is 0.293 e. The van der Waals surface area contributed by atoms with E-state index in [-0.39, 0.29) is 29.2 Å². The first kappa shape index (κ1) is 18.2. The molecule has 0 amide bonds. The van der Waals surface area contributed by atoms with Crippen molar-refractivity contribution in [3.05, 3.63) is 28.3 Å². The van der Waals surface area contributed by atoms with Crippen LogP contribution in [0, 0.1) is 27.4 Å². The molecule has 8 nitrogen and oxygen atoms in total. The van der Waals surface area contributed by atoms with Crippen molar-refractivity contribution in [1.82, 2.24) is 4.31 Å². The molecule has 1 aliphatic heterocycles. The Morgan fingerprint density at radius 2 is 2.08 bits per heavy atom. The van der Waals surface area contributed by atoms with E-state index in [9.17, 15) is 18.5 Å². The highest BCUT2D eigenvalue weighted by Crippen LogP contribution is 2.30. The molecule has 24 heavy (non-hydrogen) atoms. The Balaban J connectivity index is 2.28. The van der Waals surface area contributed by atoms with Gasteiger partial charge in [0.2, 0.25) is 10.0 Å². The van der Waals surface area contributed by atoms with Crippen LogP contribution >= 0.6 is 0 Å². The van der Waals surface area contributed by atoms with Crippen LogP contribution in [0.15, 0.2) is 23.1 Å². The molecule has 9 heteroatoms. The number of hydrogen-bond acceptors (Lipinski definition) is 6. The van der Waals surface area contributed by atoms with Crippen molar-refractivity contribution in [3.8, 4) is 6.07 Å². The highest BCUT2D eigenvalue weighted by molar-refractivity contribution is 7.89. The lowest BCUT2D eigenvalue weighted by molar-refractivity contribution is -0.384. The standard InChI is InChI=1S/C15H20N4O4S/c1-12-5-9-18(10-6-12)24(22,23)13-3-4-14(17-8-2-7-16)15(11-13)19(20)21/h3-4,11-12,17H,2,5-6,8-10H2,1H3. The van der Waals surface area contributed by atoms with Gasteiger partial charge in [0.1, 0.15) is 5.69 Å². The number of nitriles is 1. The van der Waals surface area contributed by atoms with Crippen LogP contribution < -0.4 is 5.32 Å². The van der Waals surface area contributed by atoms with Crippen molar-refractivity contribution >= 4 is 21.4 Å². The monoisotopic (exact) mass is 352 g/mol. The smallest absolute Gasteiger partial charge is 0.293 e. The van der Waals surface area contributed by atoms with Crippen LogP contribution in [0.3, 0.4) is 0 Å². The van der Waals surface area contributed by atoms with Gasteiger partial charge in [0.25, 0.3) is 5.69 Å². The second kappa shape index (κ2) is 7.59. The third-order valence-electron chi connectivity index (χ3n) is 4.10. The third-order valence-corrected chi connectivity index (χ3v) is 5.99. The van der Waals surface area contributed by atoms with Gasteiger partial charge in [-0.3, -0.25) is 10.1 Å². The summed E-state index contributed by atoms with van der Waals surface area (Å²) in [5.74, 6) is 0.484. The van der Waals surface area contributed by atoms with Crippen LogP contribution in [0.1, 0.15) is 26.2 Å². The number of rotatable bonds is 6. The van der Waals surface area contributed by atoms with E-state index in [0.29, 0.717) is 19.0 Å². The first-order valence-corrected chi connectivity index (χ1v) is 9.19. The topological polar surface area (TPSA) is 116 Å². The number of hydrogen-bond donors (Lipinski definition) is 1. The van der Waals surface area contributed by atoms with Gasteiger partial charge in [-0.2, -0.15) is 9.57 Å². The third kappa shape index (κ3) is 4.01. The molecule has 0 aliphatic carbocycles. The van der Waals surface area contributed by atoms with Crippen molar-refractivity contribution in [2.24, 2.45) is 5.92 Å². The molecule has 1 aromatic rings. The first-order valence-electron chi connectivity index (χ1n) is 7.75. The van der Waals surface area contributed by atoms with Gasteiger partial charge in [0.15, 0.2) is 0 Å². The predicted molar refractivity (Wildman–Crippen MR) is 89.0 cm³/mol. The number of anilines is 1. The largest absolute Gasteiger partial charge is 0.378 e. The Kier molecular flexibility index (Phi) is 5.75. The fourth-order valence-corrected chi connectivity index (χ4v) is 4.09. The minimum Gasteiger partial charge on any atom is -0.378 e. The Morgan fingerprint density at radius 3 is 2.67 bits per heavy atom. The molecule has 2 rings (SSSR count). The average Bonchev–Trinajstić information content (AvgIpc) is 2.55. The molecule has 1 saturated heterocycles. The Morgan fingerprint density at radius 1 is 1.42 bits per heavy atom. The molecule has 130 valence electrons. The number of nitrogens with zero attached hydrogens (tertiary/aromatic N) is 3. The minimum atomic E-state index is -3.73. The Hall–Kier alpha value is -2.18. The number of nitro benzene ring substituents is 1. The summed E-state index contributed by atoms with van der Waals surface area (Å²) >= 11 is 0. The highest BCUT2D eigenvalue weighted by Gasteiger charge is 2.30. The fraction of sp³-hybridized carbons (Fsp3) is 0.533. The van der Waals surface area contributed by atoms with Crippen LogP contribution in [-0.2, 0) is 10.0 Å². The molecule has 1 aliphatic rings. The SMILES string of the molecule is CC1CCN(S(=O)(=O)c2ccc(NCCC#N)c([N+](=O)[O-])c2)CC1. The maximum atomic E-state index is 12.7. The zero-order valence-electron chi connectivity index (χ0n) is 13.4. The van der Waals surface area contributed by atoms with Gasteiger partial charge in [-0.25, -0.2) is 8.42 Å². The number of nitrogens with one attached hydrogen (secondary N) is 1. The summed E-state index contributed by atoms with van der Waals surface area (Å²) in [5.41, 5.74) is -0.0964. The molecule has 0 unspecified atom stereocenters. The second-order valence-electron chi connectivity index (χ2n) is 5.86. The van der Waals surface area contributed by atoms with Gasteiger partial charge in [0, 0.05) is 25.7 Å². The summed E-state index contributed by atoms with van der Waals surface area (Å²) in [6.07, 6.45) is 1.77. The van der Waals surface area contributed by atoms with E-state index in [1.54, 1.807) is 0 Å². The molecule has 0 atom stereocenters. The number of benzene rings is 1. The summed E-state index contributed by atoms with van der Waals surface area (Å²) in [6.45, 7) is 3.20. The highest BCUT2D eigenvalue weighted by atomic mass is 32.2. The molecule has 0 spiro atoms. The zero-order valence-corrected chi connectivity index (χ0v) is 14.3. The van der Waals surface area contributed by atoms with E-state index < -0.39 is 14.9 Å². The van der Waals surface area contributed by atoms with Crippen LogP contribution in [-0.4, -0.2) is 37.3 Å². The van der Waals surface area contributed by atoms with Crippen LogP contribution in [0.4, 0.5) is 11.4 Å². The summed E-state index contributed by atoms with van der Waals surface area (Å²) in [7, 11) is -3.73. The van der Waals surface area contributed by atoms with Gasteiger partial charge in [-0.1, -0.05) is 6.92 Å². The summed E-state index contributed by atoms with van der Waals surface area (Å²) in [4.78, 5) is 10.6. The van der Waals surface area contributed by atoms with Crippen molar-refractivity contribution in [3.63, 3.8) is 0 Å². The Bertz CT molecular complexity index is 749. The van der Waals surface area contributed by atoms with E-state index in [4.69, 9.17) is 5.26 Å². The number of sulfonamides is 1. The molecule has 1 N–H and O–H groups in total. The minimum absolute atomic E-state index is 0.0745. The zero-order chi connectivity index (χ0) is 17.7. The van der Waals surface area contributed by atoms with E-state index in [1.807, 2.05) is 6.07 Å². The van der Waals surface area contributed by atoms with Gasteiger partial charge < -0.3 is 5.32 Å². The lowest BCUT2D eigenvalue weighted by Crippen LogP contribution is -2.37. The average molecular weight is 352 g/mol. The maximum absolute atomic E-state index is 12.7. The van der Waals surface area contributed by atoms with Crippen LogP contribution in [0.5, 0.6) is 0 Å². The van der Waals surface area contributed by atoms with Gasteiger partial charge >= 0.3 is 0 Å². The van der Waals surface area contributed by atoms with E-state index >= 15 is 0 Å². The van der Waals surface area contributed by atoms with Crippen LogP contribution in [0.25, 0.3) is 0 Å². The first-order chi connectivity index (χ1) is 11.4. The fourth-order valence-electron chi connectivity index (χ4n) is 2.60. The van der Waals surface area contributed by atoms with Gasteiger partial charge in [0.05, 0.1) is 22.3 Å². The summed E-state index contributed by atoms with van der Waals surface area (Å²) in [6, 6.07) is 5.77. The summed E-state index contributed by atoms with van der Waals surface area (Å²) in [5, 5.41) is 22.6.